The van der Waals surface area contributed by atoms with Crippen LogP contribution in [0.3, 0.4) is 0 Å². The lowest BCUT2D eigenvalue weighted by atomic mass is 9.95. The van der Waals surface area contributed by atoms with Crippen molar-refractivity contribution in [2.24, 2.45) is 0 Å². The number of benzene rings is 3. The maximum atomic E-state index is 12.9. The second-order valence-corrected chi connectivity index (χ2v) is 7.70. The molecule has 0 heterocycles. The summed E-state index contributed by atoms with van der Waals surface area (Å²) in [4.78, 5) is 14.0. The van der Waals surface area contributed by atoms with E-state index in [9.17, 15) is 4.79 Å². The molecule has 0 unspecified atom stereocenters. The molecule has 0 aliphatic heterocycles. The van der Waals surface area contributed by atoms with Gasteiger partial charge in [0.05, 0.1) is 11.3 Å². The highest BCUT2D eigenvalue weighted by Gasteiger charge is 2.22. The number of amides is 1. The fourth-order valence-electron chi connectivity index (χ4n) is 2.91. The van der Waals surface area contributed by atoms with Gasteiger partial charge in [0.25, 0.3) is 0 Å². The van der Waals surface area contributed by atoms with E-state index in [1.54, 1.807) is 11.8 Å². The van der Waals surface area contributed by atoms with Crippen molar-refractivity contribution >= 4 is 17.7 Å². The molecule has 2 atom stereocenters. The van der Waals surface area contributed by atoms with Crippen LogP contribution in [-0.2, 0) is 4.79 Å². The van der Waals surface area contributed by atoms with Gasteiger partial charge in [-0.2, -0.15) is 0 Å². The molecular formula is C23H23NOS. The fourth-order valence-corrected chi connectivity index (χ4v) is 3.81. The molecule has 0 spiro atoms. The van der Waals surface area contributed by atoms with E-state index in [1.807, 2.05) is 67.6 Å². The smallest absolute Gasteiger partial charge is 0.233 e. The molecule has 26 heavy (non-hydrogen) atoms. The third kappa shape index (κ3) is 4.55. The van der Waals surface area contributed by atoms with Gasteiger partial charge < -0.3 is 5.32 Å². The highest BCUT2D eigenvalue weighted by molar-refractivity contribution is 8.00. The first-order valence-electron chi connectivity index (χ1n) is 8.77. The second-order valence-electron chi connectivity index (χ2n) is 6.28. The standard InChI is InChI=1S/C23H23NOS/c1-17-11-9-10-16-21(17)22(19-12-5-3-6-13-19)24-23(25)18(2)26-20-14-7-4-8-15-20/h3-16,18,22H,1-2H3,(H,24,25)/t18-,22+/m0/s1. The number of carbonyl (C=O) groups excluding carboxylic acids is 1. The van der Waals surface area contributed by atoms with E-state index in [0.717, 1.165) is 16.0 Å². The molecule has 0 aliphatic carbocycles. The Morgan fingerprint density at radius 2 is 1.42 bits per heavy atom. The van der Waals surface area contributed by atoms with E-state index in [-0.39, 0.29) is 17.2 Å². The van der Waals surface area contributed by atoms with Gasteiger partial charge in [-0.05, 0) is 42.7 Å². The molecule has 0 saturated heterocycles. The summed E-state index contributed by atoms with van der Waals surface area (Å²) >= 11 is 1.58. The molecule has 3 aromatic carbocycles. The topological polar surface area (TPSA) is 29.1 Å². The first kappa shape index (κ1) is 18.3. The molecule has 0 fully saturated rings. The van der Waals surface area contributed by atoms with E-state index in [0.29, 0.717) is 0 Å². The van der Waals surface area contributed by atoms with Gasteiger partial charge in [0.2, 0.25) is 5.91 Å². The maximum Gasteiger partial charge on any atom is 0.233 e. The normalized spacial score (nSPS) is 13.0. The van der Waals surface area contributed by atoms with Gasteiger partial charge in [0, 0.05) is 4.90 Å². The van der Waals surface area contributed by atoms with Crippen LogP contribution < -0.4 is 5.32 Å². The van der Waals surface area contributed by atoms with Gasteiger partial charge in [0.1, 0.15) is 0 Å². The van der Waals surface area contributed by atoms with Crippen molar-refractivity contribution in [1.82, 2.24) is 5.32 Å². The van der Waals surface area contributed by atoms with Crippen molar-refractivity contribution in [3.05, 3.63) is 102 Å². The molecule has 0 saturated carbocycles. The van der Waals surface area contributed by atoms with Gasteiger partial charge >= 0.3 is 0 Å². The van der Waals surface area contributed by atoms with Crippen molar-refractivity contribution in [3.8, 4) is 0 Å². The highest BCUT2D eigenvalue weighted by atomic mass is 32.2. The zero-order valence-electron chi connectivity index (χ0n) is 15.1. The lowest BCUT2D eigenvalue weighted by molar-refractivity contribution is -0.120. The lowest BCUT2D eigenvalue weighted by Gasteiger charge is -2.23. The van der Waals surface area contributed by atoms with E-state index >= 15 is 0 Å². The summed E-state index contributed by atoms with van der Waals surface area (Å²) in [5, 5.41) is 3.08. The predicted octanol–water partition coefficient (Wildman–Crippen LogP) is 5.38. The van der Waals surface area contributed by atoms with Crippen LogP contribution in [-0.4, -0.2) is 11.2 Å². The Hall–Kier alpha value is -2.52. The summed E-state index contributed by atoms with van der Waals surface area (Å²) in [5.74, 6) is 0.0379. The van der Waals surface area contributed by atoms with Gasteiger partial charge in [0.15, 0.2) is 0 Å². The number of hydrogen-bond donors (Lipinski definition) is 1. The minimum absolute atomic E-state index is 0.0379. The molecule has 0 radical (unpaired) electrons. The van der Waals surface area contributed by atoms with Crippen LogP contribution >= 0.6 is 11.8 Å². The second kappa shape index (κ2) is 8.72. The van der Waals surface area contributed by atoms with Crippen LogP contribution in [0.2, 0.25) is 0 Å². The fraction of sp³-hybridized carbons (Fsp3) is 0.174. The molecule has 3 rings (SSSR count). The summed E-state index contributed by atoms with van der Waals surface area (Å²) in [6.45, 7) is 4.03. The SMILES string of the molecule is Cc1ccccc1[C@H](NC(=O)[C@H](C)Sc1ccccc1)c1ccccc1. The van der Waals surface area contributed by atoms with Crippen LogP contribution in [0.5, 0.6) is 0 Å². The molecule has 132 valence electrons. The van der Waals surface area contributed by atoms with Gasteiger partial charge in [-0.3, -0.25) is 4.79 Å². The summed E-state index contributed by atoms with van der Waals surface area (Å²) in [6.07, 6.45) is 0. The quantitative estimate of drug-likeness (QED) is 0.597. The molecule has 1 N–H and O–H groups in total. The average molecular weight is 362 g/mol. The summed E-state index contributed by atoms with van der Waals surface area (Å²) in [5.41, 5.74) is 3.39. The number of hydrogen-bond acceptors (Lipinski definition) is 2. The van der Waals surface area contributed by atoms with Crippen LogP contribution in [0.15, 0.2) is 89.8 Å². The molecule has 0 aromatic heterocycles. The molecule has 1 amide bonds. The predicted molar refractivity (Wildman–Crippen MR) is 109 cm³/mol. The van der Waals surface area contributed by atoms with Gasteiger partial charge in [-0.1, -0.05) is 72.8 Å². The van der Waals surface area contributed by atoms with Crippen molar-refractivity contribution in [2.45, 2.75) is 30.0 Å². The Morgan fingerprint density at radius 3 is 2.08 bits per heavy atom. The molecule has 2 nitrogen and oxygen atoms in total. The third-order valence-electron chi connectivity index (χ3n) is 4.34. The number of aryl methyl sites for hydroxylation is 1. The number of carbonyl (C=O) groups is 1. The maximum absolute atomic E-state index is 12.9. The van der Waals surface area contributed by atoms with Crippen LogP contribution in [0.4, 0.5) is 0 Å². The molecule has 3 heteroatoms. The van der Waals surface area contributed by atoms with Crippen molar-refractivity contribution in [3.63, 3.8) is 0 Å². The third-order valence-corrected chi connectivity index (χ3v) is 5.46. The molecule has 0 bridgehead atoms. The number of rotatable bonds is 6. The van der Waals surface area contributed by atoms with E-state index < -0.39 is 0 Å². The highest BCUT2D eigenvalue weighted by Crippen LogP contribution is 2.27. The number of thioether (sulfide) groups is 1. The monoisotopic (exact) mass is 361 g/mol. The minimum Gasteiger partial charge on any atom is -0.344 e. The first-order chi connectivity index (χ1) is 12.6. The van der Waals surface area contributed by atoms with Gasteiger partial charge in [-0.15, -0.1) is 11.8 Å². The van der Waals surface area contributed by atoms with E-state index in [2.05, 4.69) is 36.5 Å². The Balaban J connectivity index is 1.82. The largest absolute Gasteiger partial charge is 0.344 e. The van der Waals surface area contributed by atoms with E-state index in [1.165, 1.54) is 5.56 Å². The average Bonchev–Trinajstić information content (AvgIpc) is 2.68. The van der Waals surface area contributed by atoms with Crippen LogP contribution in [0.1, 0.15) is 29.7 Å². The van der Waals surface area contributed by atoms with Crippen LogP contribution in [0.25, 0.3) is 0 Å². The Kier molecular flexibility index (Phi) is 6.13. The minimum atomic E-state index is -0.173. The Bertz CT molecular complexity index is 848. The van der Waals surface area contributed by atoms with E-state index in [4.69, 9.17) is 0 Å². The Morgan fingerprint density at radius 1 is 0.846 bits per heavy atom. The zero-order valence-corrected chi connectivity index (χ0v) is 15.9. The van der Waals surface area contributed by atoms with Crippen molar-refractivity contribution in [1.29, 1.82) is 0 Å². The summed E-state index contributed by atoms with van der Waals surface area (Å²) < 4.78 is 0. The first-order valence-corrected chi connectivity index (χ1v) is 9.65. The van der Waals surface area contributed by atoms with Crippen molar-refractivity contribution < 1.29 is 4.79 Å². The molecule has 0 aliphatic rings. The van der Waals surface area contributed by atoms with Crippen LogP contribution in [0, 0.1) is 6.92 Å². The van der Waals surface area contributed by atoms with Crippen molar-refractivity contribution in [2.75, 3.05) is 0 Å². The molecule has 3 aromatic rings. The summed E-state index contributed by atoms with van der Waals surface area (Å²) in [7, 11) is 0. The lowest BCUT2D eigenvalue weighted by Crippen LogP contribution is -2.35. The Labute approximate surface area is 159 Å². The van der Waals surface area contributed by atoms with Gasteiger partial charge in [-0.25, -0.2) is 0 Å². The molecular weight excluding hydrogens is 338 g/mol. The number of nitrogens with one attached hydrogen (secondary N) is 1. The zero-order chi connectivity index (χ0) is 18.4. The summed E-state index contributed by atoms with van der Waals surface area (Å²) in [6, 6.07) is 28.2.